The Morgan fingerprint density at radius 2 is 2.16 bits per heavy atom. The number of aromatic nitrogens is 2. The SMILES string of the molecule is CC(OC(=O)CCn1cnc2sc3c(c2c1=O)CCCC3)C(=O)Nc1cccc(C#N)c1. The average molecular weight is 451 g/mol. The third-order valence-corrected chi connectivity index (χ3v) is 6.64. The minimum absolute atomic E-state index is 0.0546. The molecule has 4 rings (SSSR count). The second-order valence-corrected chi connectivity index (χ2v) is 8.78. The molecule has 32 heavy (non-hydrogen) atoms. The molecule has 164 valence electrons. The molecule has 1 amide bonds. The first-order valence-electron chi connectivity index (χ1n) is 10.5. The number of hydrogen-bond acceptors (Lipinski definition) is 7. The number of carbonyl (C=O) groups excluding carboxylic acids is 2. The van der Waals surface area contributed by atoms with Gasteiger partial charge in [-0.05, 0) is 56.4 Å². The number of nitrogens with zero attached hydrogens (tertiary/aromatic N) is 3. The number of nitrogens with one attached hydrogen (secondary N) is 1. The number of rotatable bonds is 6. The van der Waals surface area contributed by atoms with Crippen molar-refractivity contribution < 1.29 is 14.3 Å². The number of ether oxygens (including phenoxy) is 1. The minimum Gasteiger partial charge on any atom is -0.452 e. The normalized spacial score (nSPS) is 13.8. The first kappa shape index (κ1) is 21.7. The van der Waals surface area contributed by atoms with E-state index in [-0.39, 0.29) is 18.5 Å². The molecule has 0 fully saturated rings. The predicted molar refractivity (Wildman–Crippen MR) is 120 cm³/mol. The standard InChI is InChI=1S/C23H22N4O4S/c1-14(21(29)26-16-6-4-5-15(11-16)12-24)31-19(28)9-10-27-13-25-22-20(23(27)30)17-7-2-3-8-18(17)32-22/h4-6,11,13-14H,2-3,7-10H2,1H3,(H,26,29). The monoisotopic (exact) mass is 450 g/mol. The molecule has 9 heteroatoms. The van der Waals surface area contributed by atoms with E-state index in [0.717, 1.165) is 36.1 Å². The number of aryl methyl sites for hydroxylation is 3. The van der Waals surface area contributed by atoms with E-state index in [1.54, 1.807) is 29.5 Å². The summed E-state index contributed by atoms with van der Waals surface area (Å²) in [6, 6.07) is 8.45. The summed E-state index contributed by atoms with van der Waals surface area (Å²) in [6.07, 6.45) is 4.48. The Balaban J connectivity index is 1.37. The molecule has 0 saturated heterocycles. The van der Waals surface area contributed by atoms with Crippen LogP contribution in [-0.4, -0.2) is 27.5 Å². The van der Waals surface area contributed by atoms with Gasteiger partial charge in [-0.1, -0.05) is 6.07 Å². The molecule has 3 aromatic rings. The highest BCUT2D eigenvalue weighted by molar-refractivity contribution is 7.18. The Morgan fingerprint density at radius 1 is 1.34 bits per heavy atom. The number of nitriles is 1. The van der Waals surface area contributed by atoms with E-state index in [4.69, 9.17) is 10.00 Å². The Labute approximate surface area is 188 Å². The van der Waals surface area contributed by atoms with E-state index in [1.165, 1.54) is 28.8 Å². The topological polar surface area (TPSA) is 114 Å². The zero-order chi connectivity index (χ0) is 22.7. The lowest BCUT2D eigenvalue weighted by Crippen LogP contribution is -2.30. The van der Waals surface area contributed by atoms with Gasteiger partial charge in [0.1, 0.15) is 4.83 Å². The van der Waals surface area contributed by atoms with Crippen LogP contribution in [0.25, 0.3) is 10.2 Å². The lowest BCUT2D eigenvalue weighted by Gasteiger charge is -2.14. The number of fused-ring (bicyclic) bond motifs is 3. The van der Waals surface area contributed by atoms with E-state index < -0.39 is 18.0 Å². The van der Waals surface area contributed by atoms with Gasteiger partial charge >= 0.3 is 5.97 Å². The van der Waals surface area contributed by atoms with Crippen LogP contribution in [0.2, 0.25) is 0 Å². The number of hydrogen-bond donors (Lipinski definition) is 1. The van der Waals surface area contributed by atoms with Crippen molar-refractivity contribution in [3.05, 3.63) is 57.0 Å². The van der Waals surface area contributed by atoms with Gasteiger partial charge in [-0.2, -0.15) is 5.26 Å². The van der Waals surface area contributed by atoms with Crippen LogP contribution in [0, 0.1) is 11.3 Å². The maximum absolute atomic E-state index is 13.0. The summed E-state index contributed by atoms with van der Waals surface area (Å²) in [5.74, 6) is -1.09. The third kappa shape index (κ3) is 4.55. The molecule has 1 aromatic carbocycles. The van der Waals surface area contributed by atoms with Gasteiger partial charge < -0.3 is 10.1 Å². The number of benzene rings is 1. The molecular weight excluding hydrogens is 428 g/mol. The fourth-order valence-electron chi connectivity index (χ4n) is 3.77. The number of thiophene rings is 1. The van der Waals surface area contributed by atoms with Gasteiger partial charge in [-0.15, -0.1) is 11.3 Å². The first-order valence-corrected chi connectivity index (χ1v) is 11.3. The summed E-state index contributed by atoms with van der Waals surface area (Å²) in [6.45, 7) is 1.60. The smallest absolute Gasteiger partial charge is 0.308 e. The van der Waals surface area contributed by atoms with Crippen molar-refractivity contribution in [1.29, 1.82) is 5.26 Å². The van der Waals surface area contributed by atoms with Crippen LogP contribution in [0.15, 0.2) is 35.4 Å². The average Bonchev–Trinajstić information content (AvgIpc) is 3.18. The van der Waals surface area contributed by atoms with Crippen LogP contribution in [0.1, 0.15) is 42.2 Å². The van der Waals surface area contributed by atoms with Gasteiger partial charge in [0.05, 0.1) is 29.8 Å². The second-order valence-electron chi connectivity index (χ2n) is 7.70. The molecule has 1 atom stereocenters. The predicted octanol–water partition coefficient (Wildman–Crippen LogP) is 3.17. The Bertz CT molecular complexity index is 1290. The van der Waals surface area contributed by atoms with E-state index in [1.807, 2.05) is 6.07 Å². The highest BCUT2D eigenvalue weighted by atomic mass is 32.1. The fraction of sp³-hybridized carbons (Fsp3) is 0.348. The highest BCUT2D eigenvalue weighted by Crippen LogP contribution is 2.33. The molecule has 8 nitrogen and oxygen atoms in total. The van der Waals surface area contributed by atoms with Gasteiger partial charge in [-0.3, -0.25) is 19.0 Å². The lowest BCUT2D eigenvalue weighted by atomic mass is 9.97. The van der Waals surface area contributed by atoms with Crippen molar-refractivity contribution in [2.75, 3.05) is 5.32 Å². The summed E-state index contributed by atoms with van der Waals surface area (Å²) in [7, 11) is 0. The summed E-state index contributed by atoms with van der Waals surface area (Å²) in [5, 5.41) is 12.2. The van der Waals surface area contributed by atoms with Crippen LogP contribution < -0.4 is 10.9 Å². The summed E-state index contributed by atoms with van der Waals surface area (Å²) < 4.78 is 6.65. The summed E-state index contributed by atoms with van der Waals surface area (Å²) in [5.41, 5.74) is 1.83. The van der Waals surface area contributed by atoms with E-state index in [0.29, 0.717) is 16.6 Å². The van der Waals surface area contributed by atoms with E-state index >= 15 is 0 Å². The van der Waals surface area contributed by atoms with Gasteiger partial charge in [0, 0.05) is 17.1 Å². The molecule has 1 unspecified atom stereocenters. The molecule has 0 spiro atoms. The molecule has 1 N–H and O–H groups in total. The molecule has 0 radical (unpaired) electrons. The molecule has 2 aromatic heterocycles. The van der Waals surface area contributed by atoms with Crippen molar-refractivity contribution >= 4 is 39.1 Å². The van der Waals surface area contributed by atoms with E-state index in [9.17, 15) is 14.4 Å². The zero-order valence-corrected chi connectivity index (χ0v) is 18.4. The van der Waals surface area contributed by atoms with Gasteiger partial charge in [0.2, 0.25) is 0 Å². The molecule has 2 heterocycles. The molecule has 0 saturated carbocycles. The Hall–Kier alpha value is -3.51. The zero-order valence-electron chi connectivity index (χ0n) is 17.6. The first-order chi connectivity index (χ1) is 15.5. The van der Waals surface area contributed by atoms with Gasteiger partial charge in [0.15, 0.2) is 6.10 Å². The molecular formula is C23H22N4O4S. The molecule has 0 bridgehead atoms. The maximum Gasteiger partial charge on any atom is 0.308 e. The quantitative estimate of drug-likeness (QED) is 0.577. The van der Waals surface area contributed by atoms with Crippen LogP contribution in [-0.2, 0) is 33.7 Å². The van der Waals surface area contributed by atoms with Crippen molar-refractivity contribution in [3.63, 3.8) is 0 Å². The number of esters is 1. The van der Waals surface area contributed by atoms with Crippen LogP contribution in [0.4, 0.5) is 5.69 Å². The van der Waals surface area contributed by atoms with Crippen molar-refractivity contribution in [2.24, 2.45) is 0 Å². The molecule has 0 aliphatic heterocycles. The van der Waals surface area contributed by atoms with E-state index in [2.05, 4.69) is 10.3 Å². The van der Waals surface area contributed by atoms with Crippen LogP contribution in [0.5, 0.6) is 0 Å². The summed E-state index contributed by atoms with van der Waals surface area (Å²) >= 11 is 1.58. The van der Waals surface area contributed by atoms with Crippen LogP contribution in [0.3, 0.4) is 0 Å². The minimum atomic E-state index is -1.02. The highest BCUT2D eigenvalue weighted by Gasteiger charge is 2.21. The van der Waals surface area contributed by atoms with Gasteiger partial charge in [0.25, 0.3) is 11.5 Å². The second kappa shape index (κ2) is 9.32. The van der Waals surface area contributed by atoms with Crippen molar-refractivity contribution in [3.8, 4) is 6.07 Å². The maximum atomic E-state index is 13.0. The number of anilines is 1. The summed E-state index contributed by atoms with van der Waals surface area (Å²) in [4.78, 5) is 43.9. The number of carbonyl (C=O) groups is 2. The largest absolute Gasteiger partial charge is 0.452 e. The van der Waals surface area contributed by atoms with Crippen molar-refractivity contribution in [1.82, 2.24) is 9.55 Å². The molecule has 1 aliphatic carbocycles. The Morgan fingerprint density at radius 3 is 2.97 bits per heavy atom. The number of amides is 1. The van der Waals surface area contributed by atoms with Crippen molar-refractivity contribution in [2.45, 2.75) is 51.7 Å². The lowest BCUT2D eigenvalue weighted by molar-refractivity contribution is -0.153. The van der Waals surface area contributed by atoms with Crippen LogP contribution >= 0.6 is 11.3 Å². The third-order valence-electron chi connectivity index (χ3n) is 5.44. The fourth-order valence-corrected chi connectivity index (χ4v) is 4.99. The molecule has 1 aliphatic rings. The van der Waals surface area contributed by atoms with Gasteiger partial charge in [-0.25, -0.2) is 4.98 Å². The Kier molecular flexibility index (Phi) is 6.32.